The highest BCUT2D eigenvalue weighted by molar-refractivity contribution is 7.89. The number of carbonyl (C=O) groups is 1. The number of nitrogens with zero attached hydrogens (tertiary/aromatic N) is 1. The lowest BCUT2D eigenvalue weighted by Gasteiger charge is -2.18. The fourth-order valence-corrected chi connectivity index (χ4v) is 5.74. The monoisotopic (exact) mass is 477 g/mol. The molecule has 2 fully saturated rings. The Morgan fingerprint density at radius 2 is 1.94 bits per heavy atom. The number of benzene rings is 2. The van der Waals surface area contributed by atoms with Gasteiger partial charge in [-0.25, -0.2) is 13.1 Å². The Hall–Kier alpha value is -2.13. The van der Waals surface area contributed by atoms with Crippen LogP contribution in [0.1, 0.15) is 29.6 Å². The maximum absolute atomic E-state index is 12.7. The Morgan fingerprint density at radius 1 is 1.12 bits per heavy atom. The van der Waals surface area contributed by atoms with Gasteiger partial charge in [0.1, 0.15) is 4.90 Å². The fourth-order valence-electron chi connectivity index (χ4n) is 4.15. The molecule has 4 rings (SSSR count). The standard InChI is InChI=1S/C23H28ClN3O4S/c24-21-9-8-18(13-22(21)32(29,30)26-15-20-7-4-12-31-20)23(28)25-14-17-10-11-27(16-17)19-5-2-1-3-6-19/h1-3,5-6,8-9,13,17,20,26H,4,7,10-12,14-16H2,(H,25,28). The van der Waals surface area contributed by atoms with Crippen LogP contribution in [0.4, 0.5) is 5.69 Å². The molecule has 0 aromatic heterocycles. The number of halogens is 1. The second kappa shape index (κ2) is 10.2. The van der Waals surface area contributed by atoms with E-state index in [2.05, 4.69) is 27.1 Å². The van der Waals surface area contributed by atoms with E-state index in [0.717, 1.165) is 32.4 Å². The number of ether oxygens (including phenoxy) is 1. The van der Waals surface area contributed by atoms with E-state index in [0.29, 0.717) is 19.1 Å². The highest BCUT2D eigenvalue weighted by Gasteiger charge is 2.25. The van der Waals surface area contributed by atoms with Gasteiger partial charge in [-0.15, -0.1) is 0 Å². The van der Waals surface area contributed by atoms with Crippen LogP contribution < -0.4 is 14.9 Å². The van der Waals surface area contributed by atoms with Crippen molar-refractivity contribution in [2.75, 3.05) is 37.7 Å². The predicted molar refractivity (Wildman–Crippen MR) is 125 cm³/mol. The lowest BCUT2D eigenvalue weighted by Crippen LogP contribution is -2.33. The molecule has 0 spiro atoms. The molecule has 2 atom stereocenters. The molecule has 2 saturated heterocycles. The van der Waals surface area contributed by atoms with Gasteiger partial charge in [-0.1, -0.05) is 29.8 Å². The topological polar surface area (TPSA) is 87.7 Å². The predicted octanol–water partition coefficient (Wildman–Crippen LogP) is 3.05. The first-order valence-corrected chi connectivity index (χ1v) is 12.8. The van der Waals surface area contributed by atoms with Crippen molar-refractivity contribution < 1.29 is 17.9 Å². The second-order valence-corrected chi connectivity index (χ2v) is 10.4. The van der Waals surface area contributed by atoms with Crippen LogP contribution in [0.15, 0.2) is 53.4 Å². The molecule has 2 aliphatic rings. The lowest BCUT2D eigenvalue weighted by molar-refractivity contribution is 0.0948. The van der Waals surface area contributed by atoms with Crippen LogP contribution in [0, 0.1) is 5.92 Å². The minimum absolute atomic E-state index is 0.0793. The minimum Gasteiger partial charge on any atom is -0.377 e. The van der Waals surface area contributed by atoms with Crippen LogP contribution in [0.5, 0.6) is 0 Å². The zero-order valence-electron chi connectivity index (χ0n) is 17.8. The number of sulfonamides is 1. The summed E-state index contributed by atoms with van der Waals surface area (Å²) in [5, 5.41) is 3.02. The third kappa shape index (κ3) is 5.61. The molecule has 0 radical (unpaired) electrons. The molecule has 9 heteroatoms. The second-order valence-electron chi connectivity index (χ2n) is 8.28. The number of hydrogen-bond donors (Lipinski definition) is 2. The van der Waals surface area contributed by atoms with Crippen molar-refractivity contribution >= 4 is 33.2 Å². The van der Waals surface area contributed by atoms with E-state index in [1.807, 2.05) is 18.2 Å². The summed E-state index contributed by atoms with van der Waals surface area (Å²) in [7, 11) is -3.85. The summed E-state index contributed by atoms with van der Waals surface area (Å²) >= 11 is 6.15. The van der Waals surface area contributed by atoms with E-state index in [1.54, 1.807) is 6.07 Å². The average molecular weight is 478 g/mol. The summed E-state index contributed by atoms with van der Waals surface area (Å²) in [6.07, 6.45) is 2.61. The zero-order valence-corrected chi connectivity index (χ0v) is 19.4. The van der Waals surface area contributed by atoms with Gasteiger partial charge in [0.25, 0.3) is 5.91 Å². The van der Waals surface area contributed by atoms with E-state index in [1.165, 1.54) is 17.8 Å². The number of carbonyl (C=O) groups excluding carboxylic acids is 1. The minimum atomic E-state index is -3.85. The van der Waals surface area contributed by atoms with E-state index in [4.69, 9.17) is 16.3 Å². The van der Waals surface area contributed by atoms with Gasteiger partial charge in [-0.3, -0.25) is 4.79 Å². The first-order valence-electron chi connectivity index (χ1n) is 10.9. The Labute approximate surface area is 194 Å². The first kappa shape index (κ1) is 23.0. The van der Waals surface area contributed by atoms with Crippen LogP contribution in [0.3, 0.4) is 0 Å². The van der Waals surface area contributed by atoms with Crippen LogP contribution in [-0.4, -0.2) is 53.2 Å². The van der Waals surface area contributed by atoms with Crippen LogP contribution >= 0.6 is 11.6 Å². The van der Waals surface area contributed by atoms with Crippen molar-refractivity contribution in [2.45, 2.75) is 30.3 Å². The van der Waals surface area contributed by atoms with Crippen LogP contribution in [-0.2, 0) is 14.8 Å². The fraction of sp³-hybridized carbons (Fsp3) is 0.435. The van der Waals surface area contributed by atoms with Gasteiger partial charge in [0.05, 0.1) is 11.1 Å². The number of nitrogens with one attached hydrogen (secondary N) is 2. The van der Waals surface area contributed by atoms with Gasteiger partial charge in [0.15, 0.2) is 0 Å². The van der Waals surface area contributed by atoms with Gasteiger partial charge >= 0.3 is 0 Å². The Balaban J connectivity index is 1.35. The van der Waals surface area contributed by atoms with Gasteiger partial charge in [-0.05, 0) is 55.5 Å². The van der Waals surface area contributed by atoms with Gasteiger partial charge in [0.2, 0.25) is 10.0 Å². The number of anilines is 1. The van der Waals surface area contributed by atoms with E-state index in [9.17, 15) is 13.2 Å². The average Bonchev–Trinajstić information content (AvgIpc) is 3.49. The van der Waals surface area contributed by atoms with Crippen molar-refractivity contribution in [3.63, 3.8) is 0 Å². The van der Waals surface area contributed by atoms with E-state index >= 15 is 0 Å². The molecule has 0 saturated carbocycles. The molecule has 32 heavy (non-hydrogen) atoms. The number of hydrogen-bond acceptors (Lipinski definition) is 5. The quantitative estimate of drug-likeness (QED) is 0.610. The summed E-state index contributed by atoms with van der Waals surface area (Å²) in [6.45, 7) is 3.19. The molecule has 0 bridgehead atoms. The van der Waals surface area contributed by atoms with Gasteiger partial charge < -0.3 is 15.0 Å². The van der Waals surface area contributed by atoms with Crippen molar-refractivity contribution in [3.8, 4) is 0 Å². The molecule has 2 N–H and O–H groups in total. The highest BCUT2D eigenvalue weighted by atomic mass is 35.5. The zero-order chi connectivity index (χ0) is 22.6. The maximum Gasteiger partial charge on any atom is 0.251 e. The molecule has 0 aliphatic carbocycles. The van der Waals surface area contributed by atoms with Crippen LogP contribution in [0.2, 0.25) is 5.02 Å². The van der Waals surface area contributed by atoms with Crippen molar-refractivity contribution in [2.24, 2.45) is 5.92 Å². The SMILES string of the molecule is O=C(NCC1CCN(c2ccccc2)C1)c1ccc(Cl)c(S(=O)(=O)NCC2CCCO2)c1. The molecule has 2 aromatic rings. The first-order chi connectivity index (χ1) is 15.4. The molecule has 172 valence electrons. The molecule has 7 nitrogen and oxygen atoms in total. The largest absolute Gasteiger partial charge is 0.377 e. The molecule has 2 aromatic carbocycles. The van der Waals surface area contributed by atoms with Crippen molar-refractivity contribution in [3.05, 3.63) is 59.1 Å². The summed E-state index contributed by atoms with van der Waals surface area (Å²) in [5.74, 6) is 0.0261. The summed E-state index contributed by atoms with van der Waals surface area (Å²) in [6, 6.07) is 14.5. The Morgan fingerprint density at radius 3 is 2.69 bits per heavy atom. The molecule has 1 amide bonds. The third-order valence-corrected chi connectivity index (χ3v) is 7.87. The number of para-hydroxylation sites is 1. The number of rotatable bonds is 8. The molecular formula is C23H28ClN3O4S. The van der Waals surface area contributed by atoms with E-state index in [-0.39, 0.29) is 34.0 Å². The van der Waals surface area contributed by atoms with Crippen molar-refractivity contribution in [1.29, 1.82) is 0 Å². The van der Waals surface area contributed by atoms with Crippen LogP contribution in [0.25, 0.3) is 0 Å². The van der Waals surface area contributed by atoms with Crippen molar-refractivity contribution in [1.82, 2.24) is 10.0 Å². The molecule has 2 aliphatic heterocycles. The molecule has 2 heterocycles. The smallest absolute Gasteiger partial charge is 0.251 e. The van der Waals surface area contributed by atoms with Gasteiger partial charge in [0, 0.05) is 44.0 Å². The normalized spacial score (nSPS) is 21.1. The molecule has 2 unspecified atom stereocenters. The molecular weight excluding hydrogens is 450 g/mol. The summed E-state index contributed by atoms with van der Waals surface area (Å²) < 4.78 is 33.5. The lowest BCUT2D eigenvalue weighted by atomic mass is 10.1. The van der Waals surface area contributed by atoms with E-state index < -0.39 is 10.0 Å². The summed E-state index contributed by atoms with van der Waals surface area (Å²) in [4.78, 5) is 14.9. The Kier molecular flexibility index (Phi) is 7.35. The highest BCUT2D eigenvalue weighted by Crippen LogP contribution is 2.25. The summed E-state index contributed by atoms with van der Waals surface area (Å²) in [5.41, 5.74) is 1.45. The van der Waals surface area contributed by atoms with Gasteiger partial charge in [-0.2, -0.15) is 0 Å². The Bertz CT molecular complexity index is 1040. The number of amides is 1. The third-order valence-electron chi connectivity index (χ3n) is 5.97. The maximum atomic E-state index is 12.7.